The highest BCUT2D eigenvalue weighted by Crippen LogP contribution is 2.31. The van der Waals surface area contributed by atoms with Crippen LogP contribution in [0, 0.1) is 5.92 Å². The molecule has 1 aliphatic carbocycles. The summed E-state index contributed by atoms with van der Waals surface area (Å²) in [5, 5.41) is 4.26. The third kappa shape index (κ3) is 2.15. The molecule has 0 fully saturated rings. The summed E-state index contributed by atoms with van der Waals surface area (Å²) >= 11 is 0. The van der Waals surface area contributed by atoms with Crippen molar-refractivity contribution in [2.24, 2.45) is 11.0 Å². The number of nitrogens with zero attached hydrogens (tertiary/aromatic N) is 2. The highest BCUT2D eigenvalue weighted by Gasteiger charge is 2.30. The molecule has 1 amide bonds. The van der Waals surface area contributed by atoms with Crippen LogP contribution in [0.4, 0.5) is 0 Å². The van der Waals surface area contributed by atoms with Gasteiger partial charge in [-0.3, -0.25) is 9.59 Å². The Morgan fingerprint density at radius 1 is 1.14 bits per heavy atom. The van der Waals surface area contributed by atoms with Crippen molar-refractivity contribution in [1.82, 2.24) is 9.99 Å². The standard InChI is InChI=1S/C17H15N3O2/c21-14-5-7-20(8-6-14)13-3-4-15-11(9-13)1-2-12-10-16(22)18-19-17(12)15/h3-9,12H,1-2,10H2,(H,18,22). The summed E-state index contributed by atoms with van der Waals surface area (Å²) in [6.07, 6.45) is 5.97. The number of benzene rings is 1. The minimum absolute atomic E-state index is 0.00192. The van der Waals surface area contributed by atoms with Gasteiger partial charge in [0.25, 0.3) is 0 Å². The van der Waals surface area contributed by atoms with Crippen LogP contribution in [0.25, 0.3) is 5.69 Å². The van der Waals surface area contributed by atoms with E-state index in [9.17, 15) is 9.59 Å². The minimum atomic E-state index is 0.00192. The van der Waals surface area contributed by atoms with Gasteiger partial charge in [0.15, 0.2) is 5.43 Å². The molecule has 1 unspecified atom stereocenters. The maximum Gasteiger partial charge on any atom is 0.240 e. The van der Waals surface area contributed by atoms with E-state index in [0.29, 0.717) is 6.42 Å². The number of fused-ring (bicyclic) bond motifs is 3. The van der Waals surface area contributed by atoms with Crippen LogP contribution in [0.3, 0.4) is 0 Å². The maximum absolute atomic E-state index is 11.4. The lowest BCUT2D eigenvalue weighted by Crippen LogP contribution is -2.36. The molecule has 2 heterocycles. The molecule has 1 atom stereocenters. The van der Waals surface area contributed by atoms with Crippen LogP contribution in [-0.2, 0) is 11.2 Å². The summed E-state index contributed by atoms with van der Waals surface area (Å²) in [7, 11) is 0. The van der Waals surface area contributed by atoms with Gasteiger partial charge < -0.3 is 4.57 Å². The third-order valence-electron chi connectivity index (χ3n) is 4.34. The van der Waals surface area contributed by atoms with Crippen molar-refractivity contribution in [3.8, 4) is 5.69 Å². The Labute approximate surface area is 127 Å². The Hall–Kier alpha value is -2.69. The second-order valence-corrected chi connectivity index (χ2v) is 5.75. The summed E-state index contributed by atoms with van der Waals surface area (Å²) in [6, 6.07) is 9.32. The van der Waals surface area contributed by atoms with Gasteiger partial charge in [-0.05, 0) is 30.5 Å². The average molecular weight is 293 g/mol. The SMILES string of the molecule is O=C1CC2CCc3cc(-n4ccc(=O)cc4)ccc3C2=NN1. The number of hydrogen-bond donors (Lipinski definition) is 1. The molecule has 0 saturated heterocycles. The second-order valence-electron chi connectivity index (χ2n) is 5.75. The van der Waals surface area contributed by atoms with Gasteiger partial charge in [0.05, 0.1) is 5.71 Å². The zero-order valence-corrected chi connectivity index (χ0v) is 12.0. The summed E-state index contributed by atoms with van der Waals surface area (Å²) < 4.78 is 1.93. The summed E-state index contributed by atoms with van der Waals surface area (Å²) in [4.78, 5) is 22.7. The van der Waals surface area contributed by atoms with Crippen LogP contribution < -0.4 is 10.9 Å². The molecule has 1 aliphatic heterocycles. The molecule has 1 N–H and O–H groups in total. The lowest BCUT2D eigenvalue weighted by Gasteiger charge is -2.29. The van der Waals surface area contributed by atoms with Gasteiger partial charge in [-0.15, -0.1) is 0 Å². The number of hydrazone groups is 1. The van der Waals surface area contributed by atoms with E-state index in [1.54, 1.807) is 24.5 Å². The number of hydrogen-bond acceptors (Lipinski definition) is 3. The molecule has 1 aromatic heterocycles. The van der Waals surface area contributed by atoms with Gasteiger partial charge in [0.2, 0.25) is 5.91 Å². The van der Waals surface area contributed by atoms with Crippen LogP contribution in [0.5, 0.6) is 0 Å². The number of rotatable bonds is 1. The Bertz CT molecular complexity index is 831. The molecule has 5 nitrogen and oxygen atoms in total. The normalized spacial score (nSPS) is 19.7. The largest absolute Gasteiger partial charge is 0.324 e. The first-order chi connectivity index (χ1) is 10.7. The van der Waals surface area contributed by atoms with Crippen molar-refractivity contribution in [2.75, 3.05) is 0 Å². The quantitative estimate of drug-likeness (QED) is 0.868. The second kappa shape index (κ2) is 4.94. The highest BCUT2D eigenvalue weighted by atomic mass is 16.2. The Morgan fingerprint density at radius 3 is 2.77 bits per heavy atom. The number of amides is 1. The number of pyridine rings is 1. The van der Waals surface area contributed by atoms with Crippen molar-refractivity contribution < 1.29 is 4.79 Å². The predicted octanol–water partition coefficient (Wildman–Crippen LogP) is 1.62. The molecule has 0 spiro atoms. The molecule has 110 valence electrons. The van der Waals surface area contributed by atoms with Crippen LogP contribution in [-0.4, -0.2) is 16.2 Å². The number of carbonyl (C=O) groups is 1. The summed E-state index contributed by atoms with van der Waals surface area (Å²) in [5.41, 5.74) is 6.97. The zero-order chi connectivity index (χ0) is 15.1. The Morgan fingerprint density at radius 2 is 1.95 bits per heavy atom. The van der Waals surface area contributed by atoms with E-state index in [-0.39, 0.29) is 17.3 Å². The van der Waals surface area contributed by atoms with E-state index in [1.807, 2.05) is 10.6 Å². The van der Waals surface area contributed by atoms with Crippen molar-refractivity contribution in [1.29, 1.82) is 0 Å². The van der Waals surface area contributed by atoms with Crippen molar-refractivity contribution in [3.63, 3.8) is 0 Å². The molecular weight excluding hydrogens is 278 g/mol. The molecule has 2 aromatic rings. The van der Waals surface area contributed by atoms with Gasteiger partial charge in [0.1, 0.15) is 0 Å². The molecule has 4 rings (SSSR count). The van der Waals surface area contributed by atoms with E-state index < -0.39 is 0 Å². The number of carbonyl (C=O) groups excluding carboxylic acids is 1. The summed E-state index contributed by atoms with van der Waals surface area (Å²) in [6.45, 7) is 0. The Balaban J connectivity index is 1.75. The lowest BCUT2D eigenvalue weighted by molar-refractivity contribution is -0.122. The fourth-order valence-electron chi connectivity index (χ4n) is 3.21. The van der Waals surface area contributed by atoms with Crippen LogP contribution in [0.15, 0.2) is 52.6 Å². The number of nitrogens with one attached hydrogen (secondary N) is 1. The first-order valence-electron chi connectivity index (χ1n) is 7.39. The Kier molecular flexibility index (Phi) is 2.92. The number of aromatic nitrogens is 1. The van der Waals surface area contributed by atoms with Crippen LogP contribution in [0.1, 0.15) is 24.0 Å². The van der Waals surface area contributed by atoms with Gasteiger partial charge in [-0.2, -0.15) is 5.10 Å². The van der Waals surface area contributed by atoms with E-state index in [2.05, 4.69) is 22.7 Å². The molecule has 0 bridgehead atoms. The van der Waals surface area contributed by atoms with E-state index >= 15 is 0 Å². The van der Waals surface area contributed by atoms with Crippen molar-refractivity contribution in [3.05, 3.63) is 64.1 Å². The van der Waals surface area contributed by atoms with Crippen LogP contribution in [0.2, 0.25) is 0 Å². The minimum Gasteiger partial charge on any atom is -0.324 e. The molecule has 22 heavy (non-hydrogen) atoms. The molecule has 0 saturated carbocycles. The number of aryl methyl sites for hydroxylation is 1. The highest BCUT2D eigenvalue weighted by molar-refractivity contribution is 6.07. The zero-order valence-electron chi connectivity index (χ0n) is 12.0. The molecule has 1 aromatic carbocycles. The predicted molar refractivity (Wildman–Crippen MR) is 83.1 cm³/mol. The fourth-order valence-corrected chi connectivity index (χ4v) is 3.21. The smallest absolute Gasteiger partial charge is 0.240 e. The first kappa shape index (κ1) is 13.0. The van der Waals surface area contributed by atoms with E-state index in [0.717, 1.165) is 29.8 Å². The maximum atomic E-state index is 11.4. The first-order valence-corrected chi connectivity index (χ1v) is 7.39. The van der Waals surface area contributed by atoms with Crippen molar-refractivity contribution >= 4 is 11.6 Å². The van der Waals surface area contributed by atoms with Gasteiger partial charge in [-0.25, -0.2) is 5.43 Å². The van der Waals surface area contributed by atoms with Crippen LogP contribution >= 0.6 is 0 Å². The van der Waals surface area contributed by atoms with E-state index in [1.165, 1.54) is 5.56 Å². The fraction of sp³-hybridized carbons (Fsp3) is 0.235. The summed E-state index contributed by atoms with van der Waals surface area (Å²) in [5.74, 6) is 0.238. The van der Waals surface area contributed by atoms with Crippen molar-refractivity contribution in [2.45, 2.75) is 19.3 Å². The van der Waals surface area contributed by atoms with E-state index in [4.69, 9.17) is 0 Å². The van der Waals surface area contributed by atoms with Gasteiger partial charge in [-0.1, -0.05) is 6.07 Å². The monoisotopic (exact) mass is 293 g/mol. The third-order valence-corrected chi connectivity index (χ3v) is 4.34. The average Bonchev–Trinajstić information content (AvgIpc) is 2.54. The molecule has 0 radical (unpaired) electrons. The van der Waals surface area contributed by atoms with Gasteiger partial charge >= 0.3 is 0 Å². The topological polar surface area (TPSA) is 63.5 Å². The molecule has 2 aliphatic rings. The molecule has 5 heteroatoms. The lowest BCUT2D eigenvalue weighted by atomic mass is 9.79. The van der Waals surface area contributed by atoms with Gasteiger partial charge in [0, 0.05) is 48.1 Å². The molecular formula is C17H15N3O2.